The lowest BCUT2D eigenvalue weighted by molar-refractivity contribution is 0.540. The Morgan fingerprint density at radius 1 is 1.75 bits per heavy atom. The lowest BCUT2D eigenvalue weighted by Crippen LogP contribution is -2.13. The maximum atomic E-state index is 3.56. The zero-order valence-electron chi connectivity index (χ0n) is 5.78. The summed E-state index contributed by atoms with van der Waals surface area (Å²) in [5.74, 6) is 0.771. The molecular formula is C7H15N. The monoisotopic (exact) mass is 113 g/mol. The van der Waals surface area contributed by atoms with E-state index in [-0.39, 0.29) is 0 Å². The van der Waals surface area contributed by atoms with Crippen LogP contribution in [0.25, 0.3) is 0 Å². The molecule has 0 fully saturated rings. The molecule has 1 heteroatoms. The minimum atomic E-state index is 0.771. The predicted molar refractivity (Wildman–Crippen MR) is 37.7 cm³/mol. The first-order chi connectivity index (χ1) is 3.81. The van der Waals surface area contributed by atoms with E-state index in [4.69, 9.17) is 0 Å². The molecule has 0 aromatic carbocycles. The van der Waals surface area contributed by atoms with Gasteiger partial charge in [0.25, 0.3) is 0 Å². The van der Waals surface area contributed by atoms with E-state index >= 15 is 0 Å². The first-order valence-electron chi connectivity index (χ1n) is 3.15. The zero-order valence-corrected chi connectivity index (χ0v) is 5.78. The highest BCUT2D eigenvalue weighted by Gasteiger charge is 1.92. The van der Waals surface area contributed by atoms with Crippen LogP contribution in [0, 0.1) is 5.92 Å². The maximum Gasteiger partial charge on any atom is 0.0166 e. The molecule has 48 valence electrons. The highest BCUT2D eigenvalue weighted by Crippen LogP contribution is 1.96. The normalized spacial score (nSPS) is 12.8. The topological polar surface area (TPSA) is 12.0 Å². The first kappa shape index (κ1) is 7.54. The molecule has 0 aromatic rings. The molecule has 0 aliphatic rings. The van der Waals surface area contributed by atoms with Crippen molar-refractivity contribution in [1.29, 1.82) is 0 Å². The van der Waals surface area contributed by atoms with E-state index in [1.54, 1.807) is 6.20 Å². The molecule has 1 nitrogen and oxygen atoms in total. The average molecular weight is 113 g/mol. The van der Waals surface area contributed by atoms with Gasteiger partial charge in [-0.05, 0) is 12.1 Å². The summed E-state index contributed by atoms with van der Waals surface area (Å²) < 4.78 is 0. The highest BCUT2D eigenvalue weighted by molar-refractivity contribution is 4.64. The predicted octanol–water partition coefficient (Wildman–Crippen LogP) is 1.77. The van der Waals surface area contributed by atoms with Crippen LogP contribution in [0.2, 0.25) is 0 Å². The Hall–Kier alpha value is -0.460. The van der Waals surface area contributed by atoms with Crippen molar-refractivity contribution in [2.45, 2.75) is 20.3 Å². The van der Waals surface area contributed by atoms with Gasteiger partial charge in [-0.15, -0.1) is 0 Å². The van der Waals surface area contributed by atoms with Crippen molar-refractivity contribution in [3.05, 3.63) is 12.8 Å². The summed E-state index contributed by atoms with van der Waals surface area (Å²) >= 11 is 0. The van der Waals surface area contributed by atoms with E-state index in [2.05, 4.69) is 25.7 Å². The minimum Gasteiger partial charge on any atom is -0.391 e. The molecule has 0 aromatic heterocycles. The molecule has 0 aliphatic carbocycles. The maximum absolute atomic E-state index is 3.56. The van der Waals surface area contributed by atoms with Gasteiger partial charge in [0.1, 0.15) is 0 Å². The van der Waals surface area contributed by atoms with Crippen LogP contribution >= 0.6 is 0 Å². The Bertz CT molecular complexity index is 59.4. The second-order valence-corrected chi connectivity index (χ2v) is 2.13. The molecular weight excluding hydrogens is 98.1 g/mol. The van der Waals surface area contributed by atoms with Crippen LogP contribution < -0.4 is 5.32 Å². The molecule has 0 unspecified atom stereocenters. The molecule has 0 bridgehead atoms. The van der Waals surface area contributed by atoms with Gasteiger partial charge < -0.3 is 5.32 Å². The standard InChI is InChI=1S/C7H15N/c1-4-7(3)6-8-5-2/h5,7-8H,2,4,6H2,1,3H3/t7-/m0/s1. The fraction of sp³-hybridized carbons (Fsp3) is 0.714. The third-order valence-electron chi connectivity index (χ3n) is 1.31. The number of hydrogen-bond acceptors (Lipinski definition) is 1. The SMILES string of the molecule is C=CNC[C@@H](C)CC. The number of hydrogen-bond donors (Lipinski definition) is 1. The summed E-state index contributed by atoms with van der Waals surface area (Å²) in [6, 6.07) is 0. The van der Waals surface area contributed by atoms with Crippen molar-refractivity contribution in [2.24, 2.45) is 5.92 Å². The van der Waals surface area contributed by atoms with Crippen molar-refractivity contribution in [1.82, 2.24) is 5.32 Å². The molecule has 1 atom stereocenters. The summed E-state index contributed by atoms with van der Waals surface area (Å²) in [5.41, 5.74) is 0. The summed E-state index contributed by atoms with van der Waals surface area (Å²) in [5, 5.41) is 3.06. The van der Waals surface area contributed by atoms with Crippen LogP contribution in [-0.2, 0) is 0 Å². The third kappa shape index (κ3) is 3.72. The van der Waals surface area contributed by atoms with Gasteiger partial charge in [-0.2, -0.15) is 0 Å². The van der Waals surface area contributed by atoms with Gasteiger partial charge in [0.2, 0.25) is 0 Å². The molecule has 0 rings (SSSR count). The molecule has 0 amide bonds. The highest BCUT2D eigenvalue weighted by atomic mass is 14.8. The van der Waals surface area contributed by atoms with Crippen LogP contribution in [0.5, 0.6) is 0 Å². The van der Waals surface area contributed by atoms with Crippen LogP contribution in [0.1, 0.15) is 20.3 Å². The van der Waals surface area contributed by atoms with Gasteiger partial charge >= 0.3 is 0 Å². The lowest BCUT2D eigenvalue weighted by Gasteiger charge is -2.05. The van der Waals surface area contributed by atoms with Crippen molar-refractivity contribution in [3.63, 3.8) is 0 Å². The summed E-state index contributed by atoms with van der Waals surface area (Å²) in [7, 11) is 0. The van der Waals surface area contributed by atoms with Gasteiger partial charge in [-0.3, -0.25) is 0 Å². The Kier molecular flexibility index (Phi) is 4.42. The van der Waals surface area contributed by atoms with Crippen molar-refractivity contribution in [3.8, 4) is 0 Å². The summed E-state index contributed by atoms with van der Waals surface area (Å²) in [4.78, 5) is 0. The van der Waals surface area contributed by atoms with Gasteiger partial charge in [0.15, 0.2) is 0 Å². The quantitative estimate of drug-likeness (QED) is 0.586. The minimum absolute atomic E-state index is 0.771. The Morgan fingerprint density at radius 2 is 2.38 bits per heavy atom. The van der Waals surface area contributed by atoms with Gasteiger partial charge in [-0.1, -0.05) is 26.8 Å². The fourth-order valence-corrected chi connectivity index (χ4v) is 0.429. The van der Waals surface area contributed by atoms with Crippen molar-refractivity contribution in [2.75, 3.05) is 6.54 Å². The Balaban J connectivity index is 2.97. The van der Waals surface area contributed by atoms with Gasteiger partial charge in [-0.25, -0.2) is 0 Å². The zero-order chi connectivity index (χ0) is 6.41. The Morgan fingerprint density at radius 3 is 2.75 bits per heavy atom. The van der Waals surface area contributed by atoms with Gasteiger partial charge in [0, 0.05) is 6.54 Å². The second-order valence-electron chi connectivity index (χ2n) is 2.13. The molecule has 0 aliphatic heterocycles. The number of nitrogens with one attached hydrogen (secondary N) is 1. The van der Waals surface area contributed by atoms with Crippen molar-refractivity contribution < 1.29 is 0 Å². The molecule has 0 saturated carbocycles. The Labute approximate surface area is 51.8 Å². The van der Waals surface area contributed by atoms with E-state index in [9.17, 15) is 0 Å². The number of rotatable bonds is 4. The van der Waals surface area contributed by atoms with E-state index < -0.39 is 0 Å². The molecule has 0 spiro atoms. The largest absolute Gasteiger partial charge is 0.391 e. The summed E-state index contributed by atoms with van der Waals surface area (Å²) in [6.45, 7) is 9.02. The van der Waals surface area contributed by atoms with E-state index in [1.165, 1.54) is 6.42 Å². The average Bonchev–Trinajstić information content (AvgIpc) is 1.83. The van der Waals surface area contributed by atoms with Crippen LogP contribution in [0.4, 0.5) is 0 Å². The first-order valence-corrected chi connectivity index (χ1v) is 3.15. The van der Waals surface area contributed by atoms with Crippen LogP contribution in [0.3, 0.4) is 0 Å². The third-order valence-corrected chi connectivity index (χ3v) is 1.31. The van der Waals surface area contributed by atoms with Gasteiger partial charge in [0.05, 0.1) is 0 Å². The fourth-order valence-electron chi connectivity index (χ4n) is 0.429. The molecule has 1 N–H and O–H groups in total. The van der Waals surface area contributed by atoms with Crippen molar-refractivity contribution >= 4 is 0 Å². The van der Waals surface area contributed by atoms with E-state index in [0.717, 1.165) is 12.5 Å². The molecule has 0 saturated heterocycles. The molecule has 0 radical (unpaired) electrons. The smallest absolute Gasteiger partial charge is 0.0166 e. The van der Waals surface area contributed by atoms with E-state index in [1.807, 2.05) is 0 Å². The lowest BCUT2D eigenvalue weighted by atomic mass is 10.1. The molecule has 8 heavy (non-hydrogen) atoms. The van der Waals surface area contributed by atoms with E-state index in [0.29, 0.717) is 0 Å². The van der Waals surface area contributed by atoms with Crippen LogP contribution in [0.15, 0.2) is 12.8 Å². The summed E-state index contributed by atoms with van der Waals surface area (Å²) in [6.07, 6.45) is 2.98. The molecule has 0 heterocycles. The van der Waals surface area contributed by atoms with Crippen LogP contribution in [-0.4, -0.2) is 6.54 Å². The second kappa shape index (κ2) is 4.69.